The van der Waals surface area contributed by atoms with Crippen molar-refractivity contribution in [2.75, 3.05) is 18.4 Å². The lowest BCUT2D eigenvalue weighted by atomic mass is 10.2. The van der Waals surface area contributed by atoms with Crippen molar-refractivity contribution in [2.24, 2.45) is 0 Å². The van der Waals surface area contributed by atoms with Crippen molar-refractivity contribution in [3.8, 4) is 0 Å². The summed E-state index contributed by atoms with van der Waals surface area (Å²) in [5.41, 5.74) is -0.832. The summed E-state index contributed by atoms with van der Waals surface area (Å²) < 4.78 is 49.9. The van der Waals surface area contributed by atoms with Crippen molar-refractivity contribution in [1.29, 1.82) is 0 Å². The van der Waals surface area contributed by atoms with E-state index in [2.05, 4.69) is 0 Å². The van der Waals surface area contributed by atoms with Gasteiger partial charge in [-0.15, -0.1) is 0 Å². The van der Waals surface area contributed by atoms with Crippen LogP contribution in [-0.2, 0) is 0 Å². The zero-order valence-electron chi connectivity index (χ0n) is 10.9. The summed E-state index contributed by atoms with van der Waals surface area (Å²) in [5, 5.41) is 10.9. The quantitative estimate of drug-likeness (QED) is 0.840. The van der Waals surface area contributed by atoms with Gasteiger partial charge in [-0.2, -0.15) is 13.2 Å². The summed E-state index contributed by atoms with van der Waals surface area (Å²) in [5.74, 6) is -2.27. The van der Waals surface area contributed by atoms with Crippen LogP contribution in [0.4, 0.5) is 28.0 Å². The van der Waals surface area contributed by atoms with Crippen LogP contribution in [-0.4, -0.2) is 41.3 Å². The molecule has 0 aliphatic carbocycles. The van der Waals surface area contributed by atoms with Crippen molar-refractivity contribution in [2.45, 2.75) is 13.1 Å². The van der Waals surface area contributed by atoms with Crippen molar-refractivity contribution in [3.63, 3.8) is 0 Å². The molecule has 0 spiro atoms. The molecule has 1 aromatic carbocycles. The van der Waals surface area contributed by atoms with E-state index in [4.69, 9.17) is 5.11 Å². The first-order chi connectivity index (χ1) is 9.64. The van der Waals surface area contributed by atoms with Gasteiger partial charge >= 0.3 is 18.2 Å². The lowest BCUT2D eigenvalue weighted by molar-refractivity contribution is -0.139. The molecule has 0 unspecified atom stereocenters. The van der Waals surface area contributed by atoms with E-state index in [0.29, 0.717) is 4.90 Å². The molecule has 5 nitrogen and oxygen atoms in total. The van der Waals surface area contributed by atoms with E-state index < -0.39 is 41.8 Å². The Morgan fingerprint density at radius 2 is 1.95 bits per heavy atom. The molecule has 0 bridgehead atoms. The summed E-state index contributed by atoms with van der Waals surface area (Å²) in [6.07, 6.45) is -4.59. The van der Waals surface area contributed by atoms with Gasteiger partial charge in [0.2, 0.25) is 0 Å². The first-order valence-corrected chi connectivity index (χ1v) is 5.79. The number of anilines is 1. The highest BCUT2D eigenvalue weighted by Crippen LogP contribution is 2.20. The Kier molecular flexibility index (Phi) is 5.12. The van der Waals surface area contributed by atoms with Gasteiger partial charge in [0.25, 0.3) is 0 Å². The Hall–Kier alpha value is -2.32. The molecule has 0 fully saturated rings. The van der Waals surface area contributed by atoms with Gasteiger partial charge < -0.3 is 15.3 Å². The van der Waals surface area contributed by atoms with Crippen LogP contribution < -0.4 is 5.32 Å². The summed E-state index contributed by atoms with van der Waals surface area (Å²) in [7, 11) is 0. The largest absolute Gasteiger partial charge is 0.478 e. The SMILES string of the molecule is CCN(CC(F)(F)F)C(=O)Nc1cc(F)ccc1C(=O)O. The lowest BCUT2D eigenvalue weighted by Crippen LogP contribution is -2.41. The van der Waals surface area contributed by atoms with Crippen LogP contribution in [0.2, 0.25) is 0 Å². The van der Waals surface area contributed by atoms with Crippen LogP contribution in [0, 0.1) is 5.82 Å². The second-order valence-electron chi connectivity index (χ2n) is 4.05. The second-order valence-corrected chi connectivity index (χ2v) is 4.05. The monoisotopic (exact) mass is 308 g/mol. The number of carbonyl (C=O) groups is 2. The number of carboxylic acids is 1. The van der Waals surface area contributed by atoms with Crippen molar-refractivity contribution in [1.82, 2.24) is 4.90 Å². The van der Waals surface area contributed by atoms with Gasteiger partial charge in [0, 0.05) is 6.54 Å². The number of urea groups is 1. The Balaban J connectivity index is 2.96. The molecular weight excluding hydrogens is 296 g/mol. The molecule has 0 saturated carbocycles. The van der Waals surface area contributed by atoms with Crippen LogP contribution in [0.3, 0.4) is 0 Å². The van der Waals surface area contributed by atoms with Gasteiger partial charge in [-0.3, -0.25) is 0 Å². The van der Waals surface area contributed by atoms with Crippen LogP contribution in [0.25, 0.3) is 0 Å². The van der Waals surface area contributed by atoms with Gasteiger partial charge in [0.1, 0.15) is 12.4 Å². The molecule has 116 valence electrons. The van der Waals surface area contributed by atoms with Crippen LogP contribution in [0.5, 0.6) is 0 Å². The molecule has 1 rings (SSSR count). The van der Waals surface area contributed by atoms with Gasteiger partial charge in [-0.25, -0.2) is 14.0 Å². The van der Waals surface area contributed by atoms with E-state index in [1.165, 1.54) is 6.92 Å². The zero-order valence-corrected chi connectivity index (χ0v) is 10.9. The highest BCUT2D eigenvalue weighted by Gasteiger charge is 2.32. The number of carboxylic acid groups (broad SMARTS) is 1. The Morgan fingerprint density at radius 3 is 2.43 bits per heavy atom. The summed E-state index contributed by atoms with van der Waals surface area (Å²) in [4.78, 5) is 23.0. The smallest absolute Gasteiger partial charge is 0.406 e. The number of nitrogens with one attached hydrogen (secondary N) is 1. The van der Waals surface area contributed by atoms with E-state index in [1.807, 2.05) is 5.32 Å². The molecule has 0 aromatic heterocycles. The molecule has 0 atom stereocenters. The molecule has 1 aromatic rings. The summed E-state index contributed by atoms with van der Waals surface area (Å²) >= 11 is 0. The molecule has 0 aliphatic heterocycles. The minimum atomic E-state index is -4.59. The van der Waals surface area contributed by atoms with Crippen LogP contribution in [0.1, 0.15) is 17.3 Å². The Bertz CT molecular complexity index is 546. The highest BCUT2D eigenvalue weighted by atomic mass is 19.4. The standard InChI is InChI=1S/C12H12F4N2O3/c1-2-18(6-12(14,15)16)11(21)17-9-5-7(13)3-4-8(9)10(19)20/h3-5H,2,6H2,1H3,(H,17,21)(H,19,20). The molecular formula is C12H12F4N2O3. The van der Waals surface area contributed by atoms with Crippen LogP contribution >= 0.6 is 0 Å². The number of halogens is 4. The molecule has 0 saturated heterocycles. The highest BCUT2D eigenvalue weighted by molar-refractivity contribution is 6.00. The fraction of sp³-hybridized carbons (Fsp3) is 0.333. The van der Waals surface area contributed by atoms with Crippen LogP contribution in [0.15, 0.2) is 18.2 Å². The molecule has 0 aliphatic rings. The average molecular weight is 308 g/mol. The van der Waals surface area contributed by atoms with E-state index in [9.17, 15) is 27.2 Å². The molecule has 2 N–H and O–H groups in total. The number of amides is 2. The number of carbonyl (C=O) groups excluding carboxylic acids is 1. The first-order valence-electron chi connectivity index (χ1n) is 5.79. The molecule has 2 amide bonds. The number of benzene rings is 1. The van der Waals surface area contributed by atoms with E-state index in [-0.39, 0.29) is 6.54 Å². The number of aromatic carboxylic acids is 1. The third kappa shape index (κ3) is 4.93. The molecule has 21 heavy (non-hydrogen) atoms. The third-order valence-corrected chi connectivity index (χ3v) is 2.49. The molecule has 9 heteroatoms. The predicted molar refractivity (Wildman–Crippen MR) is 65.7 cm³/mol. The summed E-state index contributed by atoms with van der Waals surface area (Å²) in [6.45, 7) is -0.412. The van der Waals surface area contributed by atoms with Gasteiger partial charge in [-0.1, -0.05) is 0 Å². The number of hydrogen-bond acceptors (Lipinski definition) is 2. The second kappa shape index (κ2) is 6.42. The number of alkyl halides is 3. The average Bonchev–Trinajstić information content (AvgIpc) is 2.34. The maximum atomic E-state index is 13.1. The number of rotatable bonds is 4. The van der Waals surface area contributed by atoms with E-state index in [1.54, 1.807) is 0 Å². The third-order valence-electron chi connectivity index (χ3n) is 2.49. The minimum absolute atomic E-state index is 0.247. The van der Waals surface area contributed by atoms with E-state index >= 15 is 0 Å². The number of nitrogens with zero attached hydrogens (tertiary/aromatic N) is 1. The fourth-order valence-corrected chi connectivity index (χ4v) is 1.54. The molecule has 0 radical (unpaired) electrons. The Labute approximate surface area is 117 Å². The Morgan fingerprint density at radius 1 is 1.33 bits per heavy atom. The maximum Gasteiger partial charge on any atom is 0.406 e. The normalized spacial score (nSPS) is 11.1. The van der Waals surface area contributed by atoms with E-state index in [0.717, 1.165) is 18.2 Å². The van der Waals surface area contributed by atoms with Crippen molar-refractivity contribution in [3.05, 3.63) is 29.6 Å². The number of hydrogen-bond donors (Lipinski definition) is 2. The summed E-state index contributed by atoms with van der Waals surface area (Å²) in [6, 6.07) is 1.34. The first kappa shape index (κ1) is 16.7. The molecule has 0 heterocycles. The topological polar surface area (TPSA) is 69.6 Å². The van der Waals surface area contributed by atoms with Gasteiger partial charge in [-0.05, 0) is 25.1 Å². The maximum absolute atomic E-state index is 13.1. The zero-order chi connectivity index (χ0) is 16.2. The van der Waals surface area contributed by atoms with Gasteiger partial charge in [0.05, 0.1) is 11.3 Å². The predicted octanol–water partition coefficient (Wildman–Crippen LogP) is 2.94. The lowest BCUT2D eigenvalue weighted by Gasteiger charge is -2.23. The van der Waals surface area contributed by atoms with Crippen molar-refractivity contribution < 1.29 is 32.3 Å². The van der Waals surface area contributed by atoms with Gasteiger partial charge in [0.15, 0.2) is 0 Å². The minimum Gasteiger partial charge on any atom is -0.478 e. The fourth-order valence-electron chi connectivity index (χ4n) is 1.54. The van der Waals surface area contributed by atoms with Crippen molar-refractivity contribution >= 4 is 17.7 Å².